The second-order valence-electron chi connectivity index (χ2n) is 6.15. The lowest BCUT2D eigenvalue weighted by molar-refractivity contribution is 0.0937. The predicted octanol–water partition coefficient (Wildman–Crippen LogP) is 3.31. The Balaban J connectivity index is 1.71. The maximum Gasteiger partial charge on any atom is 0.274 e. The van der Waals surface area contributed by atoms with Crippen LogP contribution in [0.1, 0.15) is 52.1 Å². The van der Waals surface area contributed by atoms with Crippen LogP contribution >= 0.6 is 0 Å². The summed E-state index contributed by atoms with van der Waals surface area (Å²) in [5.41, 5.74) is 2.41. The minimum atomic E-state index is -0.320. The van der Waals surface area contributed by atoms with Gasteiger partial charge in [0.25, 0.3) is 11.8 Å². The molecular weight excluding hydrogens is 302 g/mol. The highest BCUT2D eigenvalue weighted by atomic mass is 16.2. The largest absolute Gasteiger partial charge is 0.349 e. The van der Waals surface area contributed by atoms with E-state index in [1.807, 2.05) is 31.2 Å². The molecule has 1 aromatic heterocycles. The van der Waals surface area contributed by atoms with Gasteiger partial charge in [-0.1, -0.05) is 31.0 Å². The van der Waals surface area contributed by atoms with Gasteiger partial charge in [0, 0.05) is 23.5 Å². The lowest BCUT2D eigenvalue weighted by Crippen LogP contribution is -2.32. The summed E-state index contributed by atoms with van der Waals surface area (Å²) in [5, 5.41) is 5.85. The second-order valence-corrected chi connectivity index (χ2v) is 6.15. The van der Waals surface area contributed by atoms with Gasteiger partial charge in [-0.2, -0.15) is 0 Å². The maximum absolute atomic E-state index is 12.4. The van der Waals surface area contributed by atoms with E-state index in [4.69, 9.17) is 0 Å². The summed E-state index contributed by atoms with van der Waals surface area (Å²) in [6.07, 6.45) is 5.86. The first-order valence-electron chi connectivity index (χ1n) is 8.27. The number of amides is 2. The summed E-state index contributed by atoms with van der Waals surface area (Å²) < 4.78 is 0. The van der Waals surface area contributed by atoms with E-state index in [9.17, 15) is 9.59 Å². The quantitative estimate of drug-likeness (QED) is 0.907. The molecule has 1 aliphatic rings. The molecule has 1 saturated carbocycles. The zero-order valence-electron chi connectivity index (χ0n) is 13.7. The second kappa shape index (κ2) is 7.25. The molecule has 0 radical (unpaired) electrons. The van der Waals surface area contributed by atoms with Crippen LogP contribution < -0.4 is 10.6 Å². The van der Waals surface area contributed by atoms with Crippen LogP contribution in [0.2, 0.25) is 0 Å². The normalized spacial score (nSPS) is 14.4. The number of carbonyl (C=O) groups excluding carboxylic acids is 2. The van der Waals surface area contributed by atoms with Crippen LogP contribution in [0.25, 0.3) is 0 Å². The van der Waals surface area contributed by atoms with Crippen LogP contribution in [0.4, 0.5) is 5.69 Å². The molecule has 1 heterocycles. The number of hydrogen-bond donors (Lipinski definition) is 2. The van der Waals surface area contributed by atoms with Gasteiger partial charge in [-0.05, 0) is 43.5 Å². The van der Waals surface area contributed by atoms with Gasteiger partial charge in [-0.15, -0.1) is 0 Å². The van der Waals surface area contributed by atoms with E-state index in [1.54, 1.807) is 6.07 Å². The zero-order chi connectivity index (χ0) is 16.9. The van der Waals surface area contributed by atoms with Crippen molar-refractivity contribution < 1.29 is 9.59 Å². The van der Waals surface area contributed by atoms with Gasteiger partial charge in [-0.3, -0.25) is 14.6 Å². The summed E-state index contributed by atoms with van der Waals surface area (Å²) in [4.78, 5) is 28.8. The van der Waals surface area contributed by atoms with Gasteiger partial charge in [-0.25, -0.2) is 0 Å². The summed E-state index contributed by atoms with van der Waals surface area (Å²) >= 11 is 0. The van der Waals surface area contributed by atoms with Crippen LogP contribution in [0.5, 0.6) is 0 Å². The molecule has 2 amide bonds. The molecule has 5 nitrogen and oxygen atoms in total. The molecule has 1 fully saturated rings. The van der Waals surface area contributed by atoms with Crippen molar-refractivity contribution in [3.8, 4) is 0 Å². The summed E-state index contributed by atoms with van der Waals surface area (Å²) in [5.74, 6) is -0.464. The molecule has 124 valence electrons. The SMILES string of the molecule is Cc1ccccc1NC(=O)c1cc(C(=O)NC2CCCC2)ccn1. The van der Waals surface area contributed by atoms with Crippen LogP contribution in [-0.2, 0) is 0 Å². The van der Waals surface area contributed by atoms with E-state index in [-0.39, 0.29) is 23.6 Å². The summed E-state index contributed by atoms with van der Waals surface area (Å²) in [7, 11) is 0. The Morgan fingerprint density at radius 2 is 1.83 bits per heavy atom. The molecule has 0 aliphatic heterocycles. The fourth-order valence-corrected chi connectivity index (χ4v) is 2.93. The molecular formula is C19H21N3O2. The first-order valence-corrected chi connectivity index (χ1v) is 8.27. The number of aryl methyl sites for hydroxylation is 1. The van der Waals surface area contributed by atoms with Crippen molar-refractivity contribution >= 4 is 17.5 Å². The Morgan fingerprint density at radius 3 is 2.58 bits per heavy atom. The van der Waals surface area contributed by atoms with Gasteiger partial charge in [0.1, 0.15) is 5.69 Å². The van der Waals surface area contributed by atoms with Crippen molar-refractivity contribution in [1.29, 1.82) is 0 Å². The number of carbonyl (C=O) groups is 2. The zero-order valence-corrected chi connectivity index (χ0v) is 13.7. The van der Waals surface area contributed by atoms with E-state index < -0.39 is 0 Å². The molecule has 5 heteroatoms. The number of aromatic nitrogens is 1. The molecule has 3 rings (SSSR count). The molecule has 0 spiro atoms. The van der Waals surface area contributed by atoms with Gasteiger partial charge in [0.05, 0.1) is 0 Å². The highest BCUT2D eigenvalue weighted by molar-refractivity contribution is 6.05. The van der Waals surface area contributed by atoms with E-state index >= 15 is 0 Å². The average molecular weight is 323 g/mol. The van der Waals surface area contributed by atoms with Crippen LogP contribution in [0.3, 0.4) is 0 Å². The third kappa shape index (κ3) is 3.79. The molecule has 0 atom stereocenters. The number of rotatable bonds is 4. The molecule has 1 aromatic carbocycles. The monoisotopic (exact) mass is 323 g/mol. The Hall–Kier alpha value is -2.69. The van der Waals surface area contributed by atoms with Gasteiger partial charge < -0.3 is 10.6 Å². The third-order valence-corrected chi connectivity index (χ3v) is 4.34. The fraction of sp³-hybridized carbons (Fsp3) is 0.316. The standard InChI is InChI=1S/C19H21N3O2/c1-13-6-2-5-9-16(13)22-19(24)17-12-14(10-11-20-17)18(23)21-15-7-3-4-8-15/h2,5-6,9-12,15H,3-4,7-8H2,1H3,(H,21,23)(H,22,24). The van der Waals surface area contributed by atoms with E-state index in [0.29, 0.717) is 5.56 Å². The number of pyridine rings is 1. The minimum Gasteiger partial charge on any atom is -0.349 e. The van der Waals surface area contributed by atoms with Crippen molar-refractivity contribution in [3.63, 3.8) is 0 Å². The number of anilines is 1. The van der Waals surface area contributed by atoms with Crippen molar-refractivity contribution in [3.05, 3.63) is 59.4 Å². The molecule has 0 saturated heterocycles. The Kier molecular flexibility index (Phi) is 4.89. The topological polar surface area (TPSA) is 71.1 Å². The van der Waals surface area contributed by atoms with E-state index in [0.717, 1.165) is 36.9 Å². The Morgan fingerprint density at radius 1 is 1.08 bits per heavy atom. The molecule has 0 bridgehead atoms. The van der Waals surface area contributed by atoms with Crippen LogP contribution in [0, 0.1) is 6.92 Å². The lowest BCUT2D eigenvalue weighted by Gasteiger charge is -2.12. The van der Waals surface area contributed by atoms with Crippen LogP contribution in [-0.4, -0.2) is 22.8 Å². The molecule has 2 N–H and O–H groups in total. The van der Waals surface area contributed by atoms with Gasteiger partial charge in [0.15, 0.2) is 0 Å². The van der Waals surface area contributed by atoms with Gasteiger partial charge in [0.2, 0.25) is 0 Å². The van der Waals surface area contributed by atoms with Crippen LogP contribution in [0.15, 0.2) is 42.6 Å². The number of hydrogen-bond acceptors (Lipinski definition) is 3. The first kappa shape index (κ1) is 16.2. The number of nitrogens with zero attached hydrogens (tertiary/aromatic N) is 1. The van der Waals surface area contributed by atoms with E-state index in [1.165, 1.54) is 12.3 Å². The molecule has 0 unspecified atom stereocenters. The van der Waals surface area contributed by atoms with Crippen molar-refractivity contribution in [2.45, 2.75) is 38.6 Å². The summed E-state index contributed by atoms with van der Waals surface area (Å²) in [6.45, 7) is 1.93. The van der Waals surface area contributed by atoms with Gasteiger partial charge >= 0.3 is 0 Å². The molecule has 1 aliphatic carbocycles. The highest BCUT2D eigenvalue weighted by Gasteiger charge is 2.19. The maximum atomic E-state index is 12.4. The first-order chi connectivity index (χ1) is 11.6. The van der Waals surface area contributed by atoms with Crippen molar-refractivity contribution in [2.24, 2.45) is 0 Å². The number of nitrogens with one attached hydrogen (secondary N) is 2. The predicted molar refractivity (Wildman–Crippen MR) is 93.1 cm³/mol. The van der Waals surface area contributed by atoms with Crippen molar-refractivity contribution in [1.82, 2.24) is 10.3 Å². The molecule has 2 aromatic rings. The minimum absolute atomic E-state index is 0.144. The Bertz CT molecular complexity index is 752. The number of para-hydroxylation sites is 1. The smallest absolute Gasteiger partial charge is 0.274 e. The number of benzene rings is 1. The molecule has 24 heavy (non-hydrogen) atoms. The average Bonchev–Trinajstić information content (AvgIpc) is 3.10. The fourth-order valence-electron chi connectivity index (χ4n) is 2.93. The third-order valence-electron chi connectivity index (χ3n) is 4.34. The van der Waals surface area contributed by atoms with E-state index in [2.05, 4.69) is 15.6 Å². The van der Waals surface area contributed by atoms with Crippen molar-refractivity contribution in [2.75, 3.05) is 5.32 Å². The lowest BCUT2D eigenvalue weighted by atomic mass is 10.1. The Labute approximate surface area is 141 Å². The highest BCUT2D eigenvalue weighted by Crippen LogP contribution is 2.18. The summed E-state index contributed by atoms with van der Waals surface area (Å²) in [6, 6.07) is 11.0.